The number of rotatable bonds is 6. The van der Waals surface area contributed by atoms with E-state index in [1.165, 1.54) is 11.1 Å². The molecule has 0 amide bonds. The average molecular weight is 406 g/mol. The van der Waals surface area contributed by atoms with Crippen molar-refractivity contribution < 1.29 is 9.53 Å². The molecule has 1 heterocycles. The number of aldehydes is 1. The van der Waals surface area contributed by atoms with Crippen LogP contribution in [0.3, 0.4) is 0 Å². The van der Waals surface area contributed by atoms with E-state index in [0.29, 0.717) is 12.2 Å². The van der Waals surface area contributed by atoms with Gasteiger partial charge in [-0.2, -0.15) is 0 Å². The van der Waals surface area contributed by atoms with E-state index in [1.807, 2.05) is 42.5 Å². The first kappa shape index (κ1) is 19.7. The van der Waals surface area contributed by atoms with Gasteiger partial charge in [0, 0.05) is 29.4 Å². The van der Waals surface area contributed by atoms with Crippen LogP contribution < -0.4 is 4.90 Å². The minimum Gasteiger partial charge on any atom is -0.372 e. The SMILES string of the molecule is O=Cc1cccc(N2CCCC(OCc3ccc(-c4ccc(Cl)cc4)cc3)C2)c1. The fraction of sp³-hybridized carbons (Fsp3) is 0.240. The number of hydrogen-bond acceptors (Lipinski definition) is 3. The van der Waals surface area contributed by atoms with E-state index in [-0.39, 0.29) is 6.10 Å². The monoisotopic (exact) mass is 405 g/mol. The van der Waals surface area contributed by atoms with Gasteiger partial charge in [0.25, 0.3) is 0 Å². The molecule has 3 aromatic carbocycles. The Morgan fingerprint density at radius 3 is 2.45 bits per heavy atom. The van der Waals surface area contributed by atoms with Crippen molar-refractivity contribution in [2.45, 2.75) is 25.6 Å². The molecule has 1 saturated heterocycles. The van der Waals surface area contributed by atoms with Crippen LogP contribution in [0.5, 0.6) is 0 Å². The second kappa shape index (κ2) is 9.25. The van der Waals surface area contributed by atoms with E-state index in [4.69, 9.17) is 16.3 Å². The fourth-order valence-electron chi connectivity index (χ4n) is 3.75. The average Bonchev–Trinajstić information content (AvgIpc) is 2.79. The third-order valence-corrected chi connectivity index (χ3v) is 5.62. The van der Waals surface area contributed by atoms with Gasteiger partial charge in [0.05, 0.1) is 12.7 Å². The van der Waals surface area contributed by atoms with E-state index >= 15 is 0 Å². The Bertz CT molecular complexity index is 953. The predicted octanol–water partition coefficient (Wildman–Crippen LogP) is 6.01. The van der Waals surface area contributed by atoms with E-state index in [9.17, 15) is 4.79 Å². The number of anilines is 1. The number of ether oxygens (including phenoxy) is 1. The third kappa shape index (κ3) is 5.06. The smallest absolute Gasteiger partial charge is 0.150 e. The van der Waals surface area contributed by atoms with E-state index in [2.05, 4.69) is 35.2 Å². The number of nitrogens with zero attached hydrogens (tertiary/aromatic N) is 1. The van der Waals surface area contributed by atoms with Gasteiger partial charge < -0.3 is 9.64 Å². The first-order valence-corrected chi connectivity index (χ1v) is 10.4. The zero-order valence-corrected chi connectivity index (χ0v) is 17.0. The summed E-state index contributed by atoms with van der Waals surface area (Å²) in [7, 11) is 0. The van der Waals surface area contributed by atoms with Crippen molar-refractivity contribution >= 4 is 23.6 Å². The van der Waals surface area contributed by atoms with Gasteiger partial charge >= 0.3 is 0 Å². The zero-order valence-electron chi connectivity index (χ0n) is 16.3. The molecule has 1 aliphatic rings. The molecule has 1 aliphatic heterocycles. The third-order valence-electron chi connectivity index (χ3n) is 5.37. The minimum atomic E-state index is 0.194. The fourth-order valence-corrected chi connectivity index (χ4v) is 3.88. The molecule has 1 fully saturated rings. The summed E-state index contributed by atoms with van der Waals surface area (Å²) in [5.41, 5.74) is 5.30. The van der Waals surface area contributed by atoms with Crippen LogP contribution in [0.25, 0.3) is 11.1 Å². The topological polar surface area (TPSA) is 29.5 Å². The molecule has 4 rings (SSSR count). The van der Waals surface area contributed by atoms with Crippen molar-refractivity contribution in [2.75, 3.05) is 18.0 Å². The Balaban J connectivity index is 1.34. The Kier molecular flexibility index (Phi) is 6.28. The van der Waals surface area contributed by atoms with Crippen molar-refractivity contribution in [3.8, 4) is 11.1 Å². The maximum absolute atomic E-state index is 11.0. The second-order valence-electron chi connectivity index (χ2n) is 7.44. The predicted molar refractivity (Wildman–Crippen MR) is 119 cm³/mol. The summed E-state index contributed by atoms with van der Waals surface area (Å²) < 4.78 is 6.21. The van der Waals surface area contributed by atoms with Gasteiger partial charge in [0.15, 0.2) is 0 Å². The summed E-state index contributed by atoms with van der Waals surface area (Å²) >= 11 is 5.97. The molecule has 3 aromatic rings. The number of carbonyl (C=O) groups is 1. The quantitative estimate of drug-likeness (QED) is 0.470. The molecular weight excluding hydrogens is 382 g/mol. The molecule has 3 nitrogen and oxygen atoms in total. The highest BCUT2D eigenvalue weighted by atomic mass is 35.5. The molecule has 0 spiro atoms. The van der Waals surface area contributed by atoms with Crippen LogP contribution >= 0.6 is 11.6 Å². The number of carbonyl (C=O) groups excluding carboxylic acids is 1. The summed E-state index contributed by atoms with van der Waals surface area (Å²) in [6.07, 6.45) is 3.24. The highest BCUT2D eigenvalue weighted by Crippen LogP contribution is 2.24. The van der Waals surface area contributed by atoms with Gasteiger partial charge in [-0.25, -0.2) is 0 Å². The highest BCUT2D eigenvalue weighted by Gasteiger charge is 2.21. The normalized spacial score (nSPS) is 16.6. The molecule has 0 aliphatic carbocycles. The lowest BCUT2D eigenvalue weighted by Gasteiger charge is -2.34. The van der Waals surface area contributed by atoms with E-state index < -0.39 is 0 Å². The lowest BCUT2D eigenvalue weighted by molar-refractivity contribution is 0.0316. The standard InChI is InChI=1S/C25H24ClNO2/c26-23-12-10-22(11-13-23)21-8-6-19(7-9-21)18-29-25-5-2-14-27(16-25)24-4-1-3-20(15-24)17-28/h1,3-4,6-13,15,17,25H,2,5,14,16,18H2. The second-order valence-corrected chi connectivity index (χ2v) is 7.87. The molecule has 29 heavy (non-hydrogen) atoms. The van der Waals surface area contributed by atoms with Crippen molar-refractivity contribution in [1.29, 1.82) is 0 Å². The van der Waals surface area contributed by atoms with E-state index in [0.717, 1.165) is 48.5 Å². The van der Waals surface area contributed by atoms with Gasteiger partial charge in [-0.1, -0.05) is 60.1 Å². The highest BCUT2D eigenvalue weighted by molar-refractivity contribution is 6.30. The first-order valence-electron chi connectivity index (χ1n) is 9.98. The summed E-state index contributed by atoms with van der Waals surface area (Å²) in [6, 6.07) is 24.2. The van der Waals surface area contributed by atoms with Gasteiger partial charge in [-0.3, -0.25) is 4.79 Å². The molecule has 4 heteroatoms. The van der Waals surface area contributed by atoms with Gasteiger partial charge in [-0.05, 0) is 53.8 Å². The van der Waals surface area contributed by atoms with Crippen molar-refractivity contribution in [3.63, 3.8) is 0 Å². The van der Waals surface area contributed by atoms with Crippen molar-refractivity contribution in [2.24, 2.45) is 0 Å². The molecule has 0 bridgehead atoms. The maximum Gasteiger partial charge on any atom is 0.150 e. The van der Waals surface area contributed by atoms with E-state index in [1.54, 1.807) is 0 Å². The van der Waals surface area contributed by atoms with Crippen LogP contribution in [0.4, 0.5) is 5.69 Å². The van der Waals surface area contributed by atoms with Crippen LogP contribution in [-0.4, -0.2) is 25.5 Å². The number of piperidine rings is 1. The van der Waals surface area contributed by atoms with Gasteiger partial charge in [0.2, 0.25) is 0 Å². The Morgan fingerprint density at radius 1 is 1.00 bits per heavy atom. The minimum absolute atomic E-state index is 0.194. The van der Waals surface area contributed by atoms with Crippen LogP contribution in [0, 0.1) is 0 Å². The summed E-state index contributed by atoms with van der Waals surface area (Å²) in [5.74, 6) is 0. The van der Waals surface area contributed by atoms with Crippen LogP contribution in [0.1, 0.15) is 28.8 Å². The maximum atomic E-state index is 11.0. The summed E-state index contributed by atoms with van der Waals surface area (Å²) in [6.45, 7) is 2.46. The molecule has 0 N–H and O–H groups in total. The number of halogens is 1. The Morgan fingerprint density at radius 2 is 1.72 bits per heavy atom. The van der Waals surface area contributed by atoms with Crippen LogP contribution in [-0.2, 0) is 11.3 Å². The summed E-state index contributed by atoms with van der Waals surface area (Å²) in [5, 5.41) is 0.748. The lowest BCUT2D eigenvalue weighted by atomic mass is 10.0. The molecular formula is C25H24ClNO2. The Hall–Kier alpha value is -2.62. The van der Waals surface area contributed by atoms with Gasteiger partial charge in [0.1, 0.15) is 6.29 Å². The van der Waals surface area contributed by atoms with Crippen molar-refractivity contribution in [3.05, 3.63) is 88.9 Å². The van der Waals surface area contributed by atoms with Gasteiger partial charge in [-0.15, -0.1) is 0 Å². The van der Waals surface area contributed by atoms with Crippen LogP contribution in [0.2, 0.25) is 5.02 Å². The number of hydrogen-bond donors (Lipinski definition) is 0. The molecule has 0 saturated carbocycles. The lowest BCUT2D eigenvalue weighted by Crippen LogP contribution is -2.39. The molecule has 1 unspecified atom stereocenters. The molecule has 148 valence electrons. The molecule has 1 atom stereocenters. The number of benzene rings is 3. The van der Waals surface area contributed by atoms with Crippen molar-refractivity contribution in [1.82, 2.24) is 0 Å². The zero-order chi connectivity index (χ0) is 20.1. The largest absolute Gasteiger partial charge is 0.372 e. The summed E-state index contributed by atoms with van der Waals surface area (Å²) in [4.78, 5) is 13.4. The first-order chi connectivity index (χ1) is 14.2. The van der Waals surface area contributed by atoms with Crippen LogP contribution in [0.15, 0.2) is 72.8 Å². The molecule has 0 radical (unpaired) electrons. The Labute approximate surface area is 176 Å². The molecule has 0 aromatic heterocycles.